The van der Waals surface area contributed by atoms with Gasteiger partial charge in [-0.2, -0.15) is 0 Å². The minimum absolute atomic E-state index is 0.0278. The van der Waals surface area contributed by atoms with E-state index in [2.05, 4.69) is 5.32 Å². The van der Waals surface area contributed by atoms with Gasteiger partial charge in [-0.1, -0.05) is 19.3 Å². The van der Waals surface area contributed by atoms with Crippen molar-refractivity contribution in [3.05, 3.63) is 0 Å². The van der Waals surface area contributed by atoms with Crippen LogP contribution in [0.15, 0.2) is 0 Å². The van der Waals surface area contributed by atoms with Crippen molar-refractivity contribution in [2.24, 2.45) is 11.8 Å². The average molecular weight is 322 g/mol. The van der Waals surface area contributed by atoms with Crippen LogP contribution in [0.25, 0.3) is 0 Å². The zero-order valence-corrected chi connectivity index (χ0v) is 13.5. The summed E-state index contributed by atoms with van der Waals surface area (Å²) in [5, 5.41) is 12.3. The highest BCUT2D eigenvalue weighted by molar-refractivity contribution is 5.92. The van der Waals surface area contributed by atoms with Crippen LogP contribution >= 0.6 is 0 Å². The number of carbonyl (C=O) groups is 3. The lowest BCUT2D eigenvalue weighted by Crippen LogP contribution is -2.55. The molecule has 0 aromatic heterocycles. The van der Waals surface area contributed by atoms with E-state index in [0.717, 1.165) is 44.9 Å². The van der Waals surface area contributed by atoms with Crippen molar-refractivity contribution in [3.8, 4) is 0 Å². The quantitative estimate of drug-likeness (QED) is 0.804. The molecule has 128 valence electrons. The maximum absolute atomic E-state index is 13.0. The van der Waals surface area contributed by atoms with E-state index in [1.807, 2.05) is 0 Å². The first-order valence-electron chi connectivity index (χ1n) is 8.91. The molecule has 1 heterocycles. The highest BCUT2D eigenvalue weighted by Gasteiger charge is 2.42. The Hall–Kier alpha value is -1.59. The Balaban J connectivity index is 1.73. The number of hydrogen-bond donors (Lipinski definition) is 2. The van der Waals surface area contributed by atoms with Gasteiger partial charge in [-0.15, -0.1) is 0 Å². The van der Waals surface area contributed by atoms with Crippen molar-refractivity contribution in [3.63, 3.8) is 0 Å². The van der Waals surface area contributed by atoms with Crippen LogP contribution in [0, 0.1) is 11.8 Å². The van der Waals surface area contributed by atoms with Crippen molar-refractivity contribution in [1.82, 2.24) is 10.2 Å². The number of hydrogen-bond acceptors (Lipinski definition) is 3. The molecule has 2 atom stereocenters. The van der Waals surface area contributed by atoms with Crippen LogP contribution < -0.4 is 5.32 Å². The van der Waals surface area contributed by atoms with Gasteiger partial charge in [-0.3, -0.25) is 9.59 Å². The van der Waals surface area contributed by atoms with Crippen LogP contribution in [-0.4, -0.2) is 46.4 Å². The fourth-order valence-corrected chi connectivity index (χ4v) is 3.93. The predicted octanol–water partition coefficient (Wildman–Crippen LogP) is 1.54. The molecule has 0 spiro atoms. The third-order valence-electron chi connectivity index (χ3n) is 5.45. The molecule has 23 heavy (non-hydrogen) atoms. The van der Waals surface area contributed by atoms with E-state index in [9.17, 15) is 19.5 Å². The molecular formula is C17H26N2O4. The lowest BCUT2D eigenvalue weighted by Gasteiger charge is -2.34. The minimum Gasteiger partial charge on any atom is -0.480 e. The van der Waals surface area contributed by atoms with Gasteiger partial charge in [0.05, 0.1) is 0 Å². The van der Waals surface area contributed by atoms with Gasteiger partial charge in [0.15, 0.2) is 0 Å². The van der Waals surface area contributed by atoms with Gasteiger partial charge >= 0.3 is 5.97 Å². The molecule has 2 aliphatic carbocycles. The standard InChI is InChI=1S/C17H26N2O4/c20-15(12-8-9-12)18-14(11-5-2-1-3-6-11)16(21)19-10-4-7-13(19)17(22)23/h11-14H,1-10H2,(H,18,20)(H,22,23)/t13-,14+/m0/s1. The molecule has 6 heteroatoms. The first-order chi connectivity index (χ1) is 11.1. The van der Waals surface area contributed by atoms with E-state index in [1.54, 1.807) is 0 Å². The molecule has 3 fully saturated rings. The number of rotatable bonds is 5. The van der Waals surface area contributed by atoms with Gasteiger partial charge in [0.2, 0.25) is 11.8 Å². The van der Waals surface area contributed by atoms with E-state index in [1.165, 1.54) is 11.3 Å². The van der Waals surface area contributed by atoms with E-state index in [-0.39, 0.29) is 23.7 Å². The minimum atomic E-state index is -0.938. The lowest BCUT2D eigenvalue weighted by molar-refractivity contribution is -0.150. The van der Waals surface area contributed by atoms with Gasteiger partial charge in [0, 0.05) is 12.5 Å². The molecule has 0 radical (unpaired) electrons. The number of aliphatic carboxylic acids is 1. The molecule has 0 unspecified atom stereocenters. The number of amides is 2. The monoisotopic (exact) mass is 322 g/mol. The summed E-state index contributed by atoms with van der Waals surface area (Å²) in [7, 11) is 0. The summed E-state index contributed by atoms with van der Waals surface area (Å²) in [6.45, 7) is 0.484. The highest BCUT2D eigenvalue weighted by atomic mass is 16.4. The summed E-state index contributed by atoms with van der Waals surface area (Å²) in [6, 6.07) is -1.27. The Morgan fingerprint density at radius 3 is 2.26 bits per heavy atom. The molecule has 2 amide bonds. The summed E-state index contributed by atoms with van der Waals surface area (Å²) in [5.41, 5.74) is 0. The topological polar surface area (TPSA) is 86.7 Å². The fourth-order valence-electron chi connectivity index (χ4n) is 3.93. The van der Waals surface area contributed by atoms with E-state index in [4.69, 9.17) is 0 Å². The summed E-state index contributed by atoms with van der Waals surface area (Å²) in [4.78, 5) is 38.0. The van der Waals surface area contributed by atoms with Gasteiger partial charge in [-0.05, 0) is 44.4 Å². The third kappa shape index (κ3) is 3.67. The molecule has 1 aliphatic heterocycles. The summed E-state index contributed by atoms with van der Waals surface area (Å²) in [5.74, 6) is -0.945. The van der Waals surface area contributed by atoms with Crippen molar-refractivity contribution in [1.29, 1.82) is 0 Å². The zero-order valence-electron chi connectivity index (χ0n) is 13.5. The van der Waals surface area contributed by atoms with E-state index < -0.39 is 18.1 Å². The largest absolute Gasteiger partial charge is 0.480 e. The first kappa shape index (κ1) is 16.3. The number of nitrogens with zero attached hydrogens (tertiary/aromatic N) is 1. The second-order valence-electron chi connectivity index (χ2n) is 7.19. The Morgan fingerprint density at radius 1 is 0.957 bits per heavy atom. The molecule has 1 saturated heterocycles. The molecule has 3 aliphatic rings. The van der Waals surface area contributed by atoms with Crippen LogP contribution in [0.5, 0.6) is 0 Å². The average Bonchev–Trinajstić information content (AvgIpc) is 3.29. The maximum atomic E-state index is 13.0. The summed E-state index contributed by atoms with van der Waals surface area (Å²) >= 11 is 0. The van der Waals surface area contributed by atoms with E-state index in [0.29, 0.717) is 13.0 Å². The molecule has 2 N–H and O–H groups in total. The third-order valence-corrected chi connectivity index (χ3v) is 5.45. The van der Waals surface area contributed by atoms with Crippen molar-refractivity contribution in [2.45, 2.75) is 69.9 Å². The van der Waals surface area contributed by atoms with Crippen LogP contribution in [0.1, 0.15) is 57.8 Å². The maximum Gasteiger partial charge on any atom is 0.326 e. The van der Waals surface area contributed by atoms with Crippen molar-refractivity contribution >= 4 is 17.8 Å². The number of nitrogens with one attached hydrogen (secondary N) is 1. The Labute approximate surface area is 136 Å². The molecule has 6 nitrogen and oxygen atoms in total. The Bertz CT molecular complexity index is 483. The number of carbonyl (C=O) groups excluding carboxylic acids is 2. The number of carboxylic acids is 1. The normalized spacial score (nSPS) is 26.8. The highest BCUT2D eigenvalue weighted by Crippen LogP contribution is 2.32. The van der Waals surface area contributed by atoms with Gasteiger partial charge in [0.1, 0.15) is 12.1 Å². The SMILES string of the molecule is O=C(N[C@@H](C(=O)N1CCC[C@H]1C(=O)O)C1CCCCC1)C1CC1. The van der Waals surface area contributed by atoms with Gasteiger partial charge in [0.25, 0.3) is 0 Å². The Morgan fingerprint density at radius 2 is 1.65 bits per heavy atom. The van der Waals surface area contributed by atoms with Gasteiger partial charge in [-0.25, -0.2) is 4.79 Å². The molecule has 0 aromatic rings. The molecular weight excluding hydrogens is 296 g/mol. The number of likely N-dealkylation sites (tertiary alicyclic amines) is 1. The number of carboxylic acid groups (broad SMARTS) is 1. The van der Waals surface area contributed by atoms with Gasteiger partial charge < -0.3 is 15.3 Å². The molecule has 0 bridgehead atoms. The molecule has 0 aromatic carbocycles. The summed E-state index contributed by atoms with van der Waals surface area (Å²) in [6.07, 6.45) is 8.24. The Kier molecular flexibility index (Phi) is 4.87. The molecule has 3 rings (SSSR count). The van der Waals surface area contributed by atoms with Crippen LogP contribution in [-0.2, 0) is 14.4 Å². The zero-order chi connectivity index (χ0) is 16.4. The smallest absolute Gasteiger partial charge is 0.326 e. The second kappa shape index (κ2) is 6.89. The van der Waals surface area contributed by atoms with Crippen molar-refractivity contribution < 1.29 is 19.5 Å². The van der Waals surface area contributed by atoms with Crippen molar-refractivity contribution in [2.75, 3.05) is 6.54 Å². The van der Waals surface area contributed by atoms with Crippen LogP contribution in [0.4, 0.5) is 0 Å². The second-order valence-corrected chi connectivity index (χ2v) is 7.19. The van der Waals surface area contributed by atoms with Crippen LogP contribution in [0.2, 0.25) is 0 Å². The van der Waals surface area contributed by atoms with Crippen LogP contribution in [0.3, 0.4) is 0 Å². The van der Waals surface area contributed by atoms with E-state index >= 15 is 0 Å². The molecule has 2 saturated carbocycles. The predicted molar refractivity (Wildman–Crippen MR) is 83.6 cm³/mol. The lowest BCUT2D eigenvalue weighted by atomic mass is 9.83. The fraction of sp³-hybridized carbons (Fsp3) is 0.824. The first-order valence-corrected chi connectivity index (χ1v) is 8.91. The summed E-state index contributed by atoms with van der Waals surface area (Å²) < 4.78 is 0.